The van der Waals surface area contributed by atoms with Crippen molar-refractivity contribution in [2.75, 3.05) is 29.9 Å². The molecule has 2 saturated carbocycles. The van der Waals surface area contributed by atoms with Gasteiger partial charge in [0.15, 0.2) is 0 Å². The number of hydrogen-bond donors (Lipinski definition) is 1. The van der Waals surface area contributed by atoms with E-state index in [0.29, 0.717) is 23.4 Å². The second-order valence-corrected chi connectivity index (χ2v) is 54.9. The Bertz CT molecular complexity index is 1830. The topological polar surface area (TPSA) is 191 Å². The maximum Gasteiger partial charge on any atom is 1.00 e. The van der Waals surface area contributed by atoms with Gasteiger partial charge in [0.25, 0.3) is 0 Å². The van der Waals surface area contributed by atoms with E-state index in [1.807, 2.05) is 18.2 Å². The van der Waals surface area contributed by atoms with E-state index in [4.69, 9.17) is 32.5 Å². The minimum Gasteiger partial charge on any atom is -0.870 e. The van der Waals surface area contributed by atoms with Gasteiger partial charge in [-0.1, -0.05) is 134 Å². The van der Waals surface area contributed by atoms with Crippen molar-refractivity contribution in [1.29, 1.82) is 15.8 Å². The van der Waals surface area contributed by atoms with Crippen LogP contribution in [-0.2, 0) is 31.6 Å². The molecular weight excluding hydrogens is 1640 g/mol. The molecule has 2 fully saturated rings. The Morgan fingerprint density at radius 2 is 1.16 bits per heavy atom. The Morgan fingerprint density at radius 3 is 1.43 bits per heavy atom. The minimum atomic E-state index is -0.944. The number of carbonyl (C=O) groups is 3. The van der Waals surface area contributed by atoms with E-state index in [-0.39, 0.29) is 84.7 Å². The molecule has 344 valence electrons. The number of ether oxygens (including phenoxy) is 2. The van der Waals surface area contributed by atoms with Gasteiger partial charge in [-0.3, -0.25) is 0 Å². The number of nitriles is 3. The third-order valence-electron chi connectivity index (χ3n) is 7.63. The standard InChI is InChI=1S/C12H11NO2.C11H9NO2.C10H9NO2.C3H6I2.C3H7I.C2H4BrCl.C2H5.3HI.K.H2O.V/c1-15-11(14)9-3-2-4-10(7-9)12(8-13)5-6-12;12-7-11(4-5-11)9-3-1-2-8(6-9)10(13)14;1-13-10(12)9-4-2-3-8(7-9)5-6-11;1-2-3(4)5;1-2-3-4;3-1-2-4;1-2;;;;;;/h2-4,7H,5-6H2,1H3;1-3,6H,4-5H2,(H,13,14);2-4,7H,5H2,1H3;3H,2H2,1H3;2-3H2,1H3;1-2H2;1H2,2H3;3*1H;;1H2;/q;;;;;;-1;;;;+1;;+3/p-4. The molecule has 10 nitrogen and oxygen atoms in total. The number of esters is 2. The summed E-state index contributed by atoms with van der Waals surface area (Å²) in [6.07, 6.45) is 6.34. The Balaban J connectivity index is -0.000000220. The number of rotatable bonds is 9. The molecule has 2 aliphatic rings. The van der Waals surface area contributed by atoms with Gasteiger partial charge in [0.2, 0.25) is 0 Å². The molecule has 0 unspecified atom stereocenters. The summed E-state index contributed by atoms with van der Waals surface area (Å²) in [7, 11) is 2.69. The average molecular weight is 1690 g/mol. The van der Waals surface area contributed by atoms with Crippen molar-refractivity contribution in [2.45, 2.75) is 78.5 Å². The number of aromatic carboxylic acids is 1. The molecule has 0 aliphatic heterocycles. The zero-order chi connectivity index (χ0) is 47.4. The van der Waals surface area contributed by atoms with Gasteiger partial charge in [-0.05, 0) is 96.0 Å². The second-order valence-electron chi connectivity index (χ2n) is 11.9. The Labute approximate surface area is 510 Å². The smallest absolute Gasteiger partial charge is 0.870 e. The molecule has 2 N–H and O–H groups in total. The summed E-state index contributed by atoms with van der Waals surface area (Å²) in [6.45, 7) is 9.36. The molecule has 0 saturated heterocycles. The predicted molar refractivity (Wildman–Crippen MR) is 302 cm³/mol. The first-order valence-electron chi connectivity index (χ1n) is 18.3. The quantitative estimate of drug-likeness (QED) is 0.0709. The summed E-state index contributed by atoms with van der Waals surface area (Å²) in [5, 5.41) is 36.1. The van der Waals surface area contributed by atoms with Crippen molar-refractivity contribution in [2.24, 2.45) is 0 Å². The van der Waals surface area contributed by atoms with Gasteiger partial charge in [-0.15, -0.1) is 11.6 Å². The van der Waals surface area contributed by atoms with Gasteiger partial charge in [0, 0.05) is 11.2 Å². The molecule has 0 atom stereocenters. The first-order chi connectivity index (χ1) is 29.0. The van der Waals surface area contributed by atoms with Crippen molar-refractivity contribution in [1.82, 2.24) is 0 Å². The van der Waals surface area contributed by atoms with Gasteiger partial charge < -0.3 is 27.0 Å². The van der Waals surface area contributed by atoms with Crippen LogP contribution in [0.1, 0.15) is 107 Å². The molecular formula is C43H52BrClI6KN3O7V-. The van der Waals surface area contributed by atoms with Crippen LogP contribution in [0.3, 0.4) is 0 Å². The van der Waals surface area contributed by atoms with Crippen LogP contribution < -0.4 is 51.4 Å². The second kappa shape index (κ2) is 46.3. The molecule has 20 heteroatoms. The summed E-state index contributed by atoms with van der Waals surface area (Å²) < 4.78 is 11.3. The van der Waals surface area contributed by atoms with E-state index >= 15 is 0 Å². The minimum absolute atomic E-state index is 0. The number of hydrogen-bond acceptors (Lipinski definition) is 9. The van der Waals surface area contributed by atoms with Crippen molar-refractivity contribution < 1.29 is 90.7 Å². The molecule has 63 heavy (non-hydrogen) atoms. The Morgan fingerprint density at radius 1 is 0.825 bits per heavy atom. The number of nitrogens with zero attached hydrogens (tertiary/aromatic N) is 3. The largest absolute Gasteiger partial charge is 1.00 e. The predicted octanol–water partition coefficient (Wildman–Crippen LogP) is 11.9. The molecule has 0 aromatic heterocycles. The number of carbonyl (C=O) groups excluding carboxylic acids is 2. The molecule has 0 heterocycles. The summed E-state index contributed by atoms with van der Waals surface area (Å²) in [6, 6.07) is 27.2. The van der Waals surface area contributed by atoms with Gasteiger partial charge in [0.1, 0.15) is 0 Å². The van der Waals surface area contributed by atoms with Crippen LogP contribution in [0.5, 0.6) is 0 Å². The van der Waals surface area contributed by atoms with Crippen LogP contribution >= 0.6 is 155 Å². The Hall–Kier alpha value is 1.87. The van der Waals surface area contributed by atoms with Gasteiger partial charge >= 0.3 is 134 Å². The third-order valence-corrected chi connectivity index (χ3v) is 11.5. The summed E-state index contributed by atoms with van der Waals surface area (Å²) >= 11 is 22.8. The summed E-state index contributed by atoms with van der Waals surface area (Å²) in [5.74, 6) is -0.967. The van der Waals surface area contributed by atoms with Gasteiger partial charge in [0.05, 0.1) is 68.3 Å². The monoisotopic (exact) mass is 1690 g/mol. The van der Waals surface area contributed by atoms with E-state index < -0.39 is 11.4 Å². The number of alkyl halides is 5. The first-order valence-corrected chi connectivity index (χ1v) is 37.5. The average Bonchev–Trinajstić information content (AvgIpc) is 4.24. The van der Waals surface area contributed by atoms with Crippen LogP contribution in [0.15, 0.2) is 72.8 Å². The molecule has 3 aromatic rings. The number of benzene rings is 3. The number of halogens is 8. The molecule has 2 aliphatic carbocycles. The number of carboxylic acid groups (broad SMARTS) is 1. The maximum atomic E-state index is 11.3. The Kier molecular flexibility index (Phi) is 54.2. The molecule has 0 amide bonds. The van der Waals surface area contributed by atoms with E-state index in [1.165, 1.54) is 31.5 Å². The zero-order valence-corrected chi connectivity index (χ0v) is 55.8. The van der Waals surface area contributed by atoms with E-state index in [9.17, 15) is 14.4 Å². The SMILES string of the molecule is CCC(I)I.CCCI.COC(=O)c1cccc(C2(C#N)CC2)c1.COC(=O)c1cccc(CC#N)c1.ClCCBr.N#CC1(c2cccc(C(=O)O)c2)CC1.[CH2-]C.[I][V]([I])[I].[K+].[OH-]. The van der Waals surface area contributed by atoms with Gasteiger partial charge in [-0.25, -0.2) is 14.4 Å². The normalized spacial score (nSPS) is 12.0. The fraction of sp³-hybridized carbons (Fsp3) is 0.419. The molecule has 3 aromatic carbocycles. The fourth-order valence-corrected chi connectivity index (χ4v) is 4.21. The zero-order valence-electron chi connectivity index (χ0n) is 36.0. The first kappa shape index (κ1) is 73.8. The van der Waals surface area contributed by atoms with E-state index in [2.05, 4.69) is 186 Å². The van der Waals surface area contributed by atoms with Crippen molar-refractivity contribution in [3.63, 3.8) is 0 Å². The number of carboxylic acids is 1. The van der Waals surface area contributed by atoms with Crippen LogP contribution in [0, 0.1) is 40.9 Å². The van der Waals surface area contributed by atoms with E-state index in [1.54, 1.807) is 67.6 Å². The maximum absolute atomic E-state index is 11.3. The van der Waals surface area contributed by atoms with Crippen molar-refractivity contribution in [3.05, 3.63) is 113 Å². The van der Waals surface area contributed by atoms with Crippen LogP contribution in [-0.4, -0.2) is 60.3 Å². The van der Waals surface area contributed by atoms with Crippen molar-refractivity contribution in [3.8, 4) is 18.2 Å². The van der Waals surface area contributed by atoms with E-state index in [0.717, 1.165) is 49.6 Å². The molecule has 5 rings (SSSR count). The third kappa shape index (κ3) is 35.6. The summed E-state index contributed by atoms with van der Waals surface area (Å²) in [4.78, 5) is 32.8. The molecule has 0 radical (unpaired) electrons. The van der Waals surface area contributed by atoms with Crippen LogP contribution in [0.25, 0.3) is 0 Å². The van der Waals surface area contributed by atoms with Crippen molar-refractivity contribution >= 4 is 173 Å². The molecule has 0 bridgehead atoms. The molecule has 0 spiro atoms. The summed E-state index contributed by atoms with van der Waals surface area (Å²) in [5.41, 5.74) is 3.09. The van der Waals surface area contributed by atoms with Crippen LogP contribution in [0.4, 0.5) is 0 Å². The van der Waals surface area contributed by atoms with Crippen LogP contribution in [0.2, 0.25) is 0 Å². The van der Waals surface area contributed by atoms with Gasteiger partial charge in [-0.2, -0.15) is 22.7 Å². The number of methoxy groups -OCH3 is 2. The fourth-order valence-electron chi connectivity index (χ4n) is 4.21.